The van der Waals surface area contributed by atoms with E-state index in [1.165, 1.54) is 0 Å². The van der Waals surface area contributed by atoms with Crippen LogP contribution in [-0.2, 0) is 0 Å². The lowest BCUT2D eigenvalue weighted by Gasteiger charge is -2.25. The molecule has 0 fully saturated rings. The van der Waals surface area contributed by atoms with Gasteiger partial charge in [-0.15, -0.1) is 0 Å². The van der Waals surface area contributed by atoms with E-state index in [0.29, 0.717) is 34.7 Å². The molecule has 1 aliphatic rings. The zero-order valence-corrected chi connectivity index (χ0v) is 20.2. The fourth-order valence-corrected chi connectivity index (χ4v) is 4.50. The summed E-state index contributed by atoms with van der Waals surface area (Å²) in [5.74, 6) is 0.678. The molecule has 1 aliphatic heterocycles. The number of benzene rings is 2. The minimum atomic E-state index is -0.492. The molecule has 0 saturated carbocycles. The summed E-state index contributed by atoms with van der Waals surface area (Å²) in [6, 6.07) is 10.6. The Labute approximate surface area is 199 Å². The number of ether oxygens (including phenoxy) is 1. The zero-order valence-electron chi connectivity index (χ0n) is 19.4. The largest absolute Gasteiger partial charge is 0.494 e. The number of amides is 1. The molecule has 6 heteroatoms. The molecule has 0 N–H and O–H groups in total. The lowest BCUT2D eigenvalue weighted by molar-refractivity contribution is 0.0725. The predicted octanol–water partition coefficient (Wildman–Crippen LogP) is 6.67. The number of fused-ring (bicyclic) bond motifs is 2. The Morgan fingerprint density at radius 3 is 2.45 bits per heavy atom. The third-order valence-electron chi connectivity index (χ3n) is 6.21. The van der Waals surface area contributed by atoms with Crippen molar-refractivity contribution in [3.05, 3.63) is 74.1 Å². The Balaban J connectivity index is 1.76. The number of hydrogen-bond donors (Lipinski definition) is 0. The third kappa shape index (κ3) is 4.51. The molecule has 2 heterocycles. The number of aryl methyl sites for hydroxylation is 1. The van der Waals surface area contributed by atoms with Gasteiger partial charge in [0, 0.05) is 11.6 Å². The highest BCUT2D eigenvalue weighted by Gasteiger charge is 2.42. The smallest absolute Gasteiger partial charge is 0.290 e. The first-order chi connectivity index (χ1) is 16.0. The van der Waals surface area contributed by atoms with Gasteiger partial charge in [-0.05, 0) is 55.2 Å². The Morgan fingerprint density at radius 1 is 1.03 bits per heavy atom. The van der Waals surface area contributed by atoms with Crippen LogP contribution in [0.2, 0.25) is 5.02 Å². The first-order valence-corrected chi connectivity index (χ1v) is 12.1. The summed E-state index contributed by atoms with van der Waals surface area (Å²) in [6.07, 6.45) is 5.08. The van der Waals surface area contributed by atoms with Gasteiger partial charge < -0.3 is 14.1 Å². The van der Waals surface area contributed by atoms with Crippen LogP contribution >= 0.6 is 11.6 Å². The highest BCUT2D eigenvalue weighted by Crippen LogP contribution is 2.39. The Morgan fingerprint density at radius 2 is 1.76 bits per heavy atom. The number of halogens is 1. The second-order valence-corrected chi connectivity index (χ2v) is 9.06. The standard InChI is InChI=1S/C27H30ClNO4/c1-4-6-8-14-32-19-11-9-18(10-12-19)24-23-25(30)20-16-21(28)17(3)15-22(20)33-26(23)27(31)29(24)13-7-5-2/h9-12,15-16,24H,4-8,13-14H2,1-3H3. The van der Waals surface area contributed by atoms with E-state index in [1.54, 1.807) is 17.0 Å². The molecule has 1 amide bonds. The fraction of sp³-hybridized carbons (Fsp3) is 0.407. The van der Waals surface area contributed by atoms with Gasteiger partial charge in [-0.2, -0.15) is 0 Å². The van der Waals surface area contributed by atoms with Gasteiger partial charge in [0.05, 0.1) is 23.6 Å². The number of unbranched alkanes of at least 4 members (excludes halogenated alkanes) is 3. The van der Waals surface area contributed by atoms with Gasteiger partial charge in [-0.1, -0.05) is 56.8 Å². The van der Waals surface area contributed by atoms with Crippen LogP contribution in [0, 0.1) is 6.92 Å². The van der Waals surface area contributed by atoms with Crippen LogP contribution in [-0.4, -0.2) is 24.0 Å². The molecule has 1 unspecified atom stereocenters. The molecular weight excluding hydrogens is 438 g/mol. The molecule has 5 nitrogen and oxygen atoms in total. The summed E-state index contributed by atoms with van der Waals surface area (Å²) in [4.78, 5) is 28.7. The van der Waals surface area contributed by atoms with E-state index in [-0.39, 0.29) is 17.1 Å². The Bertz CT molecular complexity index is 1220. The van der Waals surface area contributed by atoms with E-state index < -0.39 is 6.04 Å². The van der Waals surface area contributed by atoms with Gasteiger partial charge in [-0.25, -0.2) is 0 Å². The van der Waals surface area contributed by atoms with Crippen molar-refractivity contribution < 1.29 is 13.9 Å². The van der Waals surface area contributed by atoms with Gasteiger partial charge in [0.1, 0.15) is 11.3 Å². The first-order valence-electron chi connectivity index (χ1n) is 11.8. The normalized spacial score (nSPS) is 15.3. The topological polar surface area (TPSA) is 59.8 Å². The quantitative estimate of drug-likeness (QED) is 0.330. The lowest BCUT2D eigenvalue weighted by Crippen LogP contribution is -2.30. The second-order valence-electron chi connectivity index (χ2n) is 8.65. The zero-order chi connectivity index (χ0) is 23.5. The van der Waals surface area contributed by atoms with Crippen LogP contribution in [0.3, 0.4) is 0 Å². The van der Waals surface area contributed by atoms with E-state index in [2.05, 4.69) is 13.8 Å². The van der Waals surface area contributed by atoms with E-state index in [1.807, 2.05) is 31.2 Å². The lowest BCUT2D eigenvalue weighted by atomic mass is 9.98. The van der Waals surface area contributed by atoms with Crippen molar-refractivity contribution in [2.45, 2.75) is 58.9 Å². The molecule has 33 heavy (non-hydrogen) atoms. The summed E-state index contributed by atoms with van der Waals surface area (Å²) in [6.45, 7) is 7.31. The summed E-state index contributed by atoms with van der Waals surface area (Å²) in [5.41, 5.74) is 2.24. The molecule has 4 rings (SSSR count). The predicted molar refractivity (Wildman–Crippen MR) is 131 cm³/mol. The van der Waals surface area contributed by atoms with E-state index in [4.69, 9.17) is 20.8 Å². The van der Waals surface area contributed by atoms with Crippen LogP contribution in [0.25, 0.3) is 11.0 Å². The van der Waals surface area contributed by atoms with Crippen LogP contribution in [0.5, 0.6) is 5.75 Å². The van der Waals surface area contributed by atoms with E-state index >= 15 is 0 Å². The molecule has 1 atom stereocenters. The summed E-state index contributed by atoms with van der Waals surface area (Å²) >= 11 is 6.30. The molecule has 2 aromatic carbocycles. The number of carbonyl (C=O) groups is 1. The van der Waals surface area contributed by atoms with Crippen molar-refractivity contribution >= 4 is 28.5 Å². The molecule has 0 aliphatic carbocycles. The van der Waals surface area contributed by atoms with E-state index in [9.17, 15) is 9.59 Å². The molecular formula is C27H30ClNO4. The van der Waals surface area contributed by atoms with Gasteiger partial charge in [0.2, 0.25) is 5.76 Å². The van der Waals surface area contributed by atoms with Crippen molar-refractivity contribution in [2.24, 2.45) is 0 Å². The van der Waals surface area contributed by atoms with Gasteiger partial charge in [-0.3, -0.25) is 9.59 Å². The molecule has 0 spiro atoms. The average Bonchev–Trinajstić information content (AvgIpc) is 3.09. The molecule has 0 radical (unpaired) electrons. The maximum atomic E-state index is 13.6. The highest BCUT2D eigenvalue weighted by molar-refractivity contribution is 6.32. The van der Waals surface area contributed by atoms with Crippen LogP contribution in [0.4, 0.5) is 0 Å². The van der Waals surface area contributed by atoms with Gasteiger partial charge in [0.25, 0.3) is 5.91 Å². The minimum Gasteiger partial charge on any atom is -0.494 e. The second kappa shape index (κ2) is 10.0. The summed E-state index contributed by atoms with van der Waals surface area (Å²) in [7, 11) is 0. The fourth-order valence-electron chi connectivity index (χ4n) is 4.33. The highest BCUT2D eigenvalue weighted by atomic mass is 35.5. The van der Waals surface area contributed by atoms with Crippen molar-refractivity contribution in [1.29, 1.82) is 0 Å². The number of carbonyl (C=O) groups excluding carboxylic acids is 1. The monoisotopic (exact) mass is 467 g/mol. The van der Waals surface area contributed by atoms with Crippen LogP contribution < -0.4 is 10.2 Å². The molecule has 0 bridgehead atoms. The maximum absolute atomic E-state index is 13.6. The summed E-state index contributed by atoms with van der Waals surface area (Å²) in [5, 5.41) is 0.901. The number of nitrogens with zero attached hydrogens (tertiary/aromatic N) is 1. The SMILES string of the molecule is CCCCCOc1ccc(C2c3c(oc4cc(C)c(Cl)cc4c3=O)C(=O)N2CCCC)cc1. The van der Waals surface area contributed by atoms with Crippen molar-refractivity contribution in [3.63, 3.8) is 0 Å². The Hall–Kier alpha value is -2.79. The van der Waals surface area contributed by atoms with Crippen molar-refractivity contribution in [2.75, 3.05) is 13.2 Å². The molecule has 0 saturated heterocycles. The number of rotatable bonds is 9. The number of hydrogen-bond acceptors (Lipinski definition) is 4. The van der Waals surface area contributed by atoms with Gasteiger partial charge >= 0.3 is 0 Å². The first kappa shape index (κ1) is 23.4. The Kier molecular flexibility index (Phi) is 7.08. The van der Waals surface area contributed by atoms with Crippen molar-refractivity contribution in [1.82, 2.24) is 4.90 Å². The minimum absolute atomic E-state index is 0.134. The molecule has 3 aromatic rings. The molecule has 1 aromatic heterocycles. The van der Waals surface area contributed by atoms with Crippen LogP contribution in [0.1, 0.15) is 79.2 Å². The van der Waals surface area contributed by atoms with Gasteiger partial charge in [0.15, 0.2) is 5.43 Å². The maximum Gasteiger partial charge on any atom is 0.290 e. The van der Waals surface area contributed by atoms with E-state index in [0.717, 1.165) is 49.0 Å². The molecule has 174 valence electrons. The van der Waals surface area contributed by atoms with Crippen LogP contribution in [0.15, 0.2) is 45.6 Å². The van der Waals surface area contributed by atoms with Crippen molar-refractivity contribution in [3.8, 4) is 5.75 Å². The third-order valence-corrected chi connectivity index (χ3v) is 6.62. The average molecular weight is 468 g/mol. The summed E-state index contributed by atoms with van der Waals surface area (Å²) < 4.78 is 11.9.